The Bertz CT molecular complexity index is 2530. The van der Waals surface area contributed by atoms with Gasteiger partial charge in [-0.05, 0) is 3.71 Å². The van der Waals surface area contributed by atoms with Crippen molar-refractivity contribution < 1.29 is 132 Å². The second kappa shape index (κ2) is 11.8. The number of phenolic OH excluding ortho intramolecular Hbond substituents is 1. The van der Waals surface area contributed by atoms with E-state index in [9.17, 15) is 132 Å². The summed E-state index contributed by atoms with van der Waals surface area (Å²) in [5, 5.41) is 20.0. The Morgan fingerprint density at radius 3 is 0.837 bits per heavy atom. The van der Waals surface area contributed by atoms with Crippen molar-refractivity contribution in [3.63, 3.8) is 0 Å². The third-order valence-corrected chi connectivity index (χ3v) is 17.2. The standard InChI is InChI=1S/C9H11NO30S9/c11-2-5(43(20,21)22)3(41(14,15)16)1(4(42(17,18)19)6(2)44(23,24)25)9(46(29,30)31,47(32,33)34)8(7(12)13,45(26,27)28)10(48(35,36)37)49(38,39)40/h11H,(H,12,13)(H,14,15,16)(H,17,18,19)(H,20,21,22)(H,23,24,25)(H,26,27,28)(H,29,30,31)(H,32,33,34)(H,35,36,37)(H,38,39,40)/t8-/m0/s1. The third-order valence-electron chi connectivity index (χ3n) is 5.17. The fraction of sp³-hybridized carbons (Fsp3) is 0.222. The van der Waals surface area contributed by atoms with Crippen LogP contribution in [-0.4, -0.2) is 141 Å². The van der Waals surface area contributed by atoms with Crippen molar-refractivity contribution in [2.24, 2.45) is 0 Å². The quantitative estimate of drug-likeness (QED) is 0.0821. The van der Waals surface area contributed by atoms with E-state index in [-0.39, 0.29) is 0 Å². The summed E-state index contributed by atoms with van der Waals surface area (Å²) >= 11 is 0. The van der Waals surface area contributed by atoms with E-state index in [0.717, 1.165) is 0 Å². The van der Waals surface area contributed by atoms with Crippen molar-refractivity contribution in [2.45, 2.75) is 28.5 Å². The highest BCUT2D eigenvalue weighted by molar-refractivity contribution is 8.07. The molecule has 0 radical (unpaired) electrons. The molecule has 0 spiro atoms. The van der Waals surface area contributed by atoms with Crippen LogP contribution in [0.5, 0.6) is 5.75 Å². The van der Waals surface area contributed by atoms with Crippen molar-refractivity contribution in [3.05, 3.63) is 5.56 Å². The molecular formula is C9H11NO30S9. The molecule has 0 aromatic heterocycles. The smallest absolute Gasteiger partial charge is 0.353 e. The van der Waals surface area contributed by atoms with E-state index in [1.807, 2.05) is 0 Å². The Kier molecular flexibility index (Phi) is 10.8. The van der Waals surface area contributed by atoms with Crippen LogP contribution in [0.3, 0.4) is 0 Å². The van der Waals surface area contributed by atoms with E-state index in [2.05, 4.69) is 0 Å². The maximum absolute atomic E-state index is 13.0. The molecule has 0 aliphatic rings. The largest absolute Gasteiger partial charge is 0.505 e. The first-order valence-corrected chi connectivity index (χ1v) is 22.4. The molecule has 0 aliphatic carbocycles. The molecule has 1 atom stereocenters. The fourth-order valence-corrected chi connectivity index (χ4v) is 17.2. The summed E-state index contributed by atoms with van der Waals surface area (Å²) in [5.41, 5.74) is -4.61. The van der Waals surface area contributed by atoms with Gasteiger partial charge < -0.3 is 10.2 Å². The van der Waals surface area contributed by atoms with Crippen LogP contribution in [0, 0.1) is 0 Å². The van der Waals surface area contributed by atoms with Gasteiger partial charge in [-0.2, -0.15) is 75.8 Å². The molecule has 31 nitrogen and oxygen atoms in total. The number of carboxylic acids is 1. The zero-order valence-electron chi connectivity index (χ0n) is 21.3. The number of rotatable bonds is 13. The van der Waals surface area contributed by atoms with Crippen LogP contribution in [0.2, 0.25) is 0 Å². The highest BCUT2D eigenvalue weighted by Crippen LogP contribution is 2.58. The zero-order valence-corrected chi connectivity index (χ0v) is 28.6. The van der Waals surface area contributed by atoms with E-state index in [1.165, 1.54) is 0 Å². The molecule has 286 valence electrons. The Morgan fingerprint density at radius 2 is 0.694 bits per heavy atom. The van der Waals surface area contributed by atoms with Crippen LogP contribution in [0.4, 0.5) is 0 Å². The lowest BCUT2D eigenvalue weighted by Crippen LogP contribution is -2.77. The predicted molar refractivity (Wildman–Crippen MR) is 139 cm³/mol. The molecule has 0 saturated carbocycles. The summed E-state index contributed by atoms with van der Waals surface area (Å²) < 4.78 is 300. The summed E-state index contributed by atoms with van der Waals surface area (Å²) in [6, 6.07) is 0. The Hall–Kier alpha value is -2.36. The third kappa shape index (κ3) is 6.97. The number of carbonyl (C=O) groups is 1. The normalized spacial score (nSPS) is 16.3. The summed E-state index contributed by atoms with van der Waals surface area (Å²) in [6.07, 6.45) is 0. The highest BCUT2D eigenvalue weighted by Gasteiger charge is 2.87. The van der Waals surface area contributed by atoms with Gasteiger partial charge in [-0.1, -0.05) is 0 Å². The molecule has 11 N–H and O–H groups in total. The van der Waals surface area contributed by atoms with Gasteiger partial charge >= 0.3 is 41.6 Å². The van der Waals surface area contributed by atoms with Crippen molar-refractivity contribution in [2.75, 3.05) is 0 Å². The van der Waals surface area contributed by atoms with Gasteiger partial charge in [-0.15, -0.1) is 0 Å². The first-order chi connectivity index (χ1) is 20.8. The average Bonchev–Trinajstić information content (AvgIpc) is 2.70. The average molecular weight is 902 g/mol. The lowest BCUT2D eigenvalue weighted by molar-refractivity contribution is -0.143. The number of carboxylic acid groups (broad SMARTS) is 1. The van der Waals surface area contributed by atoms with Gasteiger partial charge in [0.1, 0.15) is 9.79 Å². The maximum atomic E-state index is 13.0. The molecule has 0 unspecified atom stereocenters. The first kappa shape index (κ1) is 44.7. The van der Waals surface area contributed by atoms with Gasteiger partial charge in [0.2, 0.25) is 0 Å². The van der Waals surface area contributed by atoms with Crippen molar-refractivity contribution in [1.82, 2.24) is 3.71 Å². The van der Waals surface area contributed by atoms with Crippen LogP contribution in [0.25, 0.3) is 0 Å². The molecule has 0 saturated heterocycles. The SMILES string of the molecule is O=C(O)[C@@](N(S(=O)(=O)O)S(=O)(=O)O)(C(c1c(S(=O)(=O)O)c(S(=O)(=O)O)c(O)c(S(=O)(=O)O)c1S(=O)(=O)O)(S(=O)(=O)O)S(=O)(=O)O)S(=O)(=O)O. The highest BCUT2D eigenvalue weighted by atomic mass is 32.3. The fourth-order valence-electron chi connectivity index (χ4n) is 3.99. The van der Waals surface area contributed by atoms with Gasteiger partial charge in [-0.3, -0.25) is 41.0 Å². The molecule has 0 heterocycles. The summed E-state index contributed by atoms with van der Waals surface area (Å²) in [5.74, 6) is -8.28. The van der Waals surface area contributed by atoms with E-state index >= 15 is 0 Å². The molecule has 49 heavy (non-hydrogen) atoms. The minimum absolute atomic E-state index is 3.46. The molecule has 0 fully saturated rings. The molecule has 40 heteroatoms. The molecule has 1 aromatic carbocycles. The molecule has 0 bridgehead atoms. The number of hydrogen-bond acceptors (Lipinski definition) is 20. The molecule has 1 rings (SSSR count). The molecule has 1 aromatic rings. The number of nitrogens with zero attached hydrogens (tertiary/aromatic N) is 1. The van der Waals surface area contributed by atoms with Crippen LogP contribution < -0.4 is 0 Å². The van der Waals surface area contributed by atoms with Crippen LogP contribution in [0.1, 0.15) is 5.56 Å². The second-order valence-corrected chi connectivity index (χ2v) is 21.2. The summed E-state index contributed by atoms with van der Waals surface area (Å²) in [6.45, 7) is 0. The van der Waals surface area contributed by atoms with Gasteiger partial charge in [0, 0.05) is 5.56 Å². The minimum atomic E-state index is -8.83. The monoisotopic (exact) mass is 901 g/mol. The lowest BCUT2D eigenvalue weighted by atomic mass is 10.0. The number of aliphatic carboxylic acids is 1. The van der Waals surface area contributed by atoms with Gasteiger partial charge in [0.05, 0.1) is 0 Å². The minimum Gasteiger partial charge on any atom is -0.505 e. The maximum Gasteiger partial charge on any atom is 0.353 e. The number of hydrogen-bond donors (Lipinski definition) is 11. The lowest BCUT2D eigenvalue weighted by Gasteiger charge is -2.43. The second-order valence-electron chi connectivity index (χ2n) is 8.08. The Balaban J connectivity index is 6.33. The van der Waals surface area contributed by atoms with Gasteiger partial charge in [0.25, 0.3) is 64.8 Å². The number of benzene rings is 1. The molecule has 0 amide bonds. The van der Waals surface area contributed by atoms with E-state index < -0.39 is 141 Å². The van der Waals surface area contributed by atoms with E-state index in [0.29, 0.717) is 0 Å². The van der Waals surface area contributed by atoms with Crippen molar-refractivity contribution >= 4 is 97.4 Å². The van der Waals surface area contributed by atoms with Gasteiger partial charge in [0.15, 0.2) is 15.5 Å². The van der Waals surface area contributed by atoms with Gasteiger partial charge in [-0.25, -0.2) is 4.79 Å². The number of phenols is 1. The first-order valence-electron chi connectivity index (χ1n) is 9.56. The molecular weight excluding hydrogens is 891 g/mol. The summed E-state index contributed by atoms with van der Waals surface area (Å²) in [4.78, 5) is -10.8. The molecule has 0 aliphatic heterocycles. The summed E-state index contributed by atoms with van der Waals surface area (Å²) in [7, 11) is -72.7. The number of aromatic hydroxyl groups is 1. The van der Waals surface area contributed by atoms with Crippen LogP contribution in [0.15, 0.2) is 19.6 Å². The Labute approximate surface area is 271 Å². The van der Waals surface area contributed by atoms with Crippen molar-refractivity contribution in [3.8, 4) is 5.75 Å². The van der Waals surface area contributed by atoms with Crippen molar-refractivity contribution in [1.29, 1.82) is 0 Å². The van der Waals surface area contributed by atoms with E-state index in [1.54, 1.807) is 0 Å². The zero-order chi connectivity index (χ0) is 40.1. The Morgan fingerprint density at radius 1 is 0.449 bits per heavy atom. The van der Waals surface area contributed by atoms with Crippen LogP contribution in [-0.2, 0) is 100 Å². The predicted octanol–water partition coefficient (Wildman–Crippen LogP) is -6.12. The van der Waals surface area contributed by atoms with E-state index in [4.69, 9.17) is 0 Å². The van der Waals surface area contributed by atoms with Crippen LogP contribution >= 0.6 is 0 Å². The topological polar surface area (TPSA) is 550 Å².